The molecule has 0 saturated heterocycles. The van der Waals surface area contributed by atoms with Crippen molar-refractivity contribution in [2.24, 2.45) is 0 Å². The van der Waals surface area contributed by atoms with Crippen molar-refractivity contribution in [3.8, 4) is 11.3 Å². The van der Waals surface area contributed by atoms with Gasteiger partial charge in [0.1, 0.15) is 6.29 Å². The van der Waals surface area contributed by atoms with E-state index in [1.54, 1.807) is 24.4 Å². The van der Waals surface area contributed by atoms with Crippen LogP contribution in [0.25, 0.3) is 11.3 Å². The molecule has 7 heteroatoms. The molecule has 0 N–H and O–H groups in total. The van der Waals surface area contributed by atoms with Crippen molar-refractivity contribution in [1.82, 2.24) is 5.16 Å². The maximum atomic E-state index is 11.3. The molecule has 1 aliphatic carbocycles. The Morgan fingerprint density at radius 2 is 2.24 bits per heavy atom. The number of hydrogen-bond donors (Lipinski definition) is 0. The summed E-state index contributed by atoms with van der Waals surface area (Å²) in [5.41, 5.74) is 1.39. The van der Waals surface area contributed by atoms with Gasteiger partial charge >= 0.3 is 0 Å². The molecule has 1 saturated carbocycles. The maximum Gasteiger partial charge on any atom is 0.171 e. The lowest BCUT2D eigenvalue weighted by atomic mass is 9.95. The van der Waals surface area contributed by atoms with Gasteiger partial charge in [-0.05, 0) is 36.6 Å². The van der Waals surface area contributed by atoms with Gasteiger partial charge in [0.25, 0.3) is 0 Å². The summed E-state index contributed by atoms with van der Waals surface area (Å²) in [6.07, 6.45) is 4.02. The topological polar surface area (TPSA) is 83.2 Å². The van der Waals surface area contributed by atoms with E-state index in [1.165, 1.54) is 0 Å². The molecule has 1 atom stereocenters. The average molecular weight is 325 g/mol. The predicted octanol–water partition coefficient (Wildman–Crippen LogP) is 2.60. The summed E-state index contributed by atoms with van der Waals surface area (Å²) >= 11 is 3.76. The fourth-order valence-corrected chi connectivity index (χ4v) is 3.10. The second kappa shape index (κ2) is 5.36. The first-order valence-electron chi connectivity index (χ1n) is 6.32. The highest BCUT2D eigenvalue weighted by Crippen LogP contribution is 2.49. The maximum absolute atomic E-state index is 11.3. The van der Waals surface area contributed by atoms with Gasteiger partial charge in [0.15, 0.2) is 5.76 Å². The van der Waals surface area contributed by atoms with Gasteiger partial charge in [-0.3, -0.25) is 4.21 Å². The zero-order valence-electron chi connectivity index (χ0n) is 10.9. The molecule has 1 fully saturated rings. The Labute approximate surface area is 128 Å². The molecule has 1 aromatic heterocycles. The monoisotopic (exact) mass is 324 g/mol. The van der Waals surface area contributed by atoms with Crippen molar-refractivity contribution in [2.45, 2.75) is 24.0 Å². The van der Waals surface area contributed by atoms with Gasteiger partial charge in [0, 0.05) is 21.9 Å². The van der Waals surface area contributed by atoms with Crippen LogP contribution in [-0.4, -0.2) is 20.2 Å². The third-order valence-electron chi connectivity index (χ3n) is 3.70. The summed E-state index contributed by atoms with van der Waals surface area (Å²) in [5, 5.41) is 4.15. The molecule has 0 spiro atoms. The highest BCUT2D eigenvalue weighted by molar-refractivity contribution is 7.78. The molecule has 2 aromatic rings. The molecule has 0 bridgehead atoms. The lowest BCUT2D eigenvalue weighted by molar-refractivity contribution is -0.109. The zero-order chi connectivity index (χ0) is 15.0. The number of hydrogen-bond acceptors (Lipinski definition) is 5. The van der Waals surface area contributed by atoms with Gasteiger partial charge in [0.2, 0.25) is 0 Å². The third kappa shape index (κ3) is 2.66. The minimum Gasteiger partial charge on any atom is -0.772 e. The van der Waals surface area contributed by atoms with Crippen molar-refractivity contribution in [3.63, 3.8) is 0 Å². The Kier molecular flexibility index (Phi) is 3.69. The molecule has 21 heavy (non-hydrogen) atoms. The van der Waals surface area contributed by atoms with Crippen molar-refractivity contribution in [2.75, 3.05) is 0 Å². The Morgan fingerprint density at radius 3 is 2.86 bits per heavy atom. The SMILES string of the molecule is O=CC1(c2cnoc2-c2ccc(Cl)c(CS(=O)[O-])c2)CC1. The van der Waals surface area contributed by atoms with Crippen LogP contribution in [-0.2, 0) is 27.0 Å². The number of rotatable bonds is 5. The van der Waals surface area contributed by atoms with E-state index in [4.69, 9.17) is 16.1 Å². The molecule has 110 valence electrons. The summed E-state index contributed by atoms with van der Waals surface area (Å²) in [6, 6.07) is 5.00. The number of nitrogens with zero attached hydrogens (tertiary/aromatic N) is 1. The van der Waals surface area contributed by atoms with Crippen LogP contribution in [0.3, 0.4) is 0 Å². The molecule has 1 heterocycles. The number of aromatic nitrogens is 1. The molecule has 5 nitrogen and oxygen atoms in total. The fourth-order valence-electron chi connectivity index (χ4n) is 2.34. The number of carbonyl (C=O) groups is 1. The summed E-state index contributed by atoms with van der Waals surface area (Å²) in [7, 11) is 0. The largest absolute Gasteiger partial charge is 0.772 e. The Hall–Kier alpha value is -1.50. The van der Waals surface area contributed by atoms with Crippen molar-refractivity contribution in [3.05, 3.63) is 40.5 Å². The molecule has 0 radical (unpaired) electrons. The fraction of sp³-hybridized carbons (Fsp3) is 0.286. The quantitative estimate of drug-likeness (QED) is 0.623. The Balaban J connectivity index is 2.04. The van der Waals surface area contributed by atoms with Crippen molar-refractivity contribution >= 4 is 29.0 Å². The first-order valence-corrected chi connectivity index (χ1v) is 7.94. The molecule has 1 unspecified atom stereocenters. The predicted molar refractivity (Wildman–Crippen MR) is 76.5 cm³/mol. The summed E-state index contributed by atoms with van der Waals surface area (Å²) in [4.78, 5) is 11.3. The van der Waals surface area contributed by atoms with E-state index in [0.29, 0.717) is 21.9 Å². The first-order chi connectivity index (χ1) is 10.1. The zero-order valence-corrected chi connectivity index (χ0v) is 12.4. The summed E-state index contributed by atoms with van der Waals surface area (Å²) in [5.74, 6) is 0.323. The smallest absolute Gasteiger partial charge is 0.171 e. The minimum absolute atomic E-state index is 0.172. The molecule has 0 aliphatic heterocycles. The normalized spacial score (nSPS) is 17.4. The Bertz CT molecular complexity index is 724. The third-order valence-corrected chi connectivity index (χ3v) is 4.62. The molecular weight excluding hydrogens is 314 g/mol. The van der Waals surface area contributed by atoms with Gasteiger partial charge in [-0.1, -0.05) is 27.8 Å². The van der Waals surface area contributed by atoms with Crippen LogP contribution in [0.2, 0.25) is 5.02 Å². The van der Waals surface area contributed by atoms with E-state index < -0.39 is 16.5 Å². The lowest BCUT2D eigenvalue weighted by Gasteiger charge is -2.10. The van der Waals surface area contributed by atoms with Crippen LogP contribution < -0.4 is 0 Å². The van der Waals surface area contributed by atoms with Gasteiger partial charge in [0.05, 0.1) is 11.6 Å². The average Bonchev–Trinajstić information content (AvgIpc) is 3.10. The van der Waals surface area contributed by atoms with Gasteiger partial charge in [-0.2, -0.15) is 0 Å². The Morgan fingerprint density at radius 1 is 1.48 bits per heavy atom. The first kappa shape index (κ1) is 14.4. The molecule has 3 rings (SSSR count). The number of aldehydes is 1. The van der Waals surface area contributed by atoms with Crippen LogP contribution in [0.15, 0.2) is 28.9 Å². The highest BCUT2D eigenvalue weighted by Gasteiger charge is 2.47. The van der Waals surface area contributed by atoms with Crippen LogP contribution in [0.1, 0.15) is 24.0 Å². The van der Waals surface area contributed by atoms with Crippen molar-refractivity contribution in [1.29, 1.82) is 0 Å². The van der Waals surface area contributed by atoms with Gasteiger partial charge < -0.3 is 13.9 Å². The highest BCUT2D eigenvalue weighted by atomic mass is 35.5. The van der Waals surface area contributed by atoms with Crippen LogP contribution in [0.5, 0.6) is 0 Å². The molecule has 0 amide bonds. The summed E-state index contributed by atoms with van der Waals surface area (Å²) in [6.45, 7) is 0. The van der Waals surface area contributed by atoms with E-state index in [0.717, 1.165) is 24.7 Å². The molecule has 1 aromatic carbocycles. The van der Waals surface area contributed by atoms with E-state index in [-0.39, 0.29) is 5.75 Å². The number of halogens is 1. The number of carbonyl (C=O) groups excluding carboxylic acids is 1. The van der Waals surface area contributed by atoms with Crippen LogP contribution in [0.4, 0.5) is 0 Å². The second-order valence-electron chi connectivity index (χ2n) is 5.10. The van der Waals surface area contributed by atoms with Gasteiger partial charge in [-0.25, -0.2) is 0 Å². The van der Waals surface area contributed by atoms with E-state index in [9.17, 15) is 13.6 Å². The molecule has 1 aliphatic rings. The second-order valence-corrected chi connectivity index (χ2v) is 6.40. The van der Waals surface area contributed by atoms with E-state index >= 15 is 0 Å². The lowest BCUT2D eigenvalue weighted by Crippen LogP contribution is -2.07. The van der Waals surface area contributed by atoms with Gasteiger partial charge in [-0.15, -0.1) is 0 Å². The summed E-state index contributed by atoms with van der Waals surface area (Å²) < 4.78 is 27.0. The van der Waals surface area contributed by atoms with Crippen molar-refractivity contribution < 1.29 is 18.1 Å². The molecular formula is C14H11ClNO4S-. The minimum atomic E-state index is -2.23. The van der Waals surface area contributed by atoms with Crippen LogP contribution >= 0.6 is 11.6 Å². The number of benzene rings is 1. The standard InChI is InChI=1S/C14H12ClNO4S/c15-12-2-1-9(5-10(12)7-21(18)19)13-11(6-16-20-13)14(8-17)3-4-14/h1-2,5-6,8H,3-4,7H2,(H,18,19)/p-1. The van der Waals surface area contributed by atoms with Crippen LogP contribution in [0, 0.1) is 0 Å². The van der Waals surface area contributed by atoms with E-state index in [2.05, 4.69) is 5.16 Å². The van der Waals surface area contributed by atoms with E-state index in [1.807, 2.05) is 0 Å².